The molecule has 0 bridgehead atoms. The van der Waals surface area contributed by atoms with E-state index in [1.54, 1.807) is 26.1 Å². The van der Waals surface area contributed by atoms with Crippen LogP contribution in [-0.4, -0.2) is 30.0 Å². The summed E-state index contributed by atoms with van der Waals surface area (Å²) in [6, 6.07) is 15.9. The second-order valence-electron chi connectivity index (χ2n) is 6.47. The molecule has 27 heavy (non-hydrogen) atoms. The van der Waals surface area contributed by atoms with Gasteiger partial charge in [-0.1, -0.05) is 30.3 Å². The predicted molar refractivity (Wildman–Crippen MR) is 105 cm³/mol. The van der Waals surface area contributed by atoms with Crippen LogP contribution in [0.15, 0.2) is 64.3 Å². The van der Waals surface area contributed by atoms with E-state index >= 15 is 0 Å². The first-order valence-corrected chi connectivity index (χ1v) is 9.90. The number of H-pyrrole nitrogens is 1. The van der Waals surface area contributed by atoms with E-state index in [0.29, 0.717) is 16.8 Å². The molecule has 3 rings (SSSR count). The molecular formula is C20H21N3O3S. The average Bonchev–Trinajstić information content (AvgIpc) is 2.65. The third-order valence-electron chi connectivity index (χ3n) is 4.53. The average molecular weight is 383 g/mol. The van der Waals surface area contributed by atoms with Gasteiger partial charge >= 0.3 is 0 Å². The fourth-order valence-corrected chi connectivity index (χ4v) is 4.32. The van der Waals surface area contributed by atoms with Gasteiger partial charge in [0.15, 0.2) is 0 Å². The third-order valence-corrected chi connectivity index (χ3v) is 6.46. The molecule has 0 aliphatic rings. The summed E-state index contributed by atoms with van der Waals surface area (Å²) in [5, 5.41) is 6.39. The molecular weight excluding hydrogens is 362 g/mol. The van der Waals surface area contributed by atoms with E-state index in [1.807, 2.05) is 43.3 Å². The van der Waals surface area contributed by atoms with Gasteiger partial charge in [-0.15, -0.1) is 0 Å². The Labute approximate surface area is 158 Å². The topological polar surface area (TPSA) is 83.1 Å². The van der Waals surface area contributed by atoms with Crippen molar-refractivity contribution in [3.05, 3.63) is 81.6 Å². The zero-order chi connectivity index (χ0) is 19.6. The summed E-state index contributed by atoms with van der Waals surface area (Å²) in [7, 11) is -2.12. The summed E-state index contributed by atoms with van der Waals surface area (Å²) in [6.07, 6.45) is 0. The molecule has 0 amide bonds. The maximum atomic E-state index is 13.2. The van der Waals surface area contributed by atoms with Crippen LogP contribution in [0.1, 0.15) is 16.7 Å². The molecule has 0 unspecified atom stereocenters. The van der Waals surface area contributed by atoms with Gasteiger partial charge in [0.05, 0.1) is 10.6 Å². The lowest BCUT2D eigenvalue weighted by atomic mass is 10.0. The zero-order valence-electron chi connectivity index (χ0n) is 15.4. The largest absolute Gasteiger partial charge is 0.268 e. The Morgan fingerprint density at radius 1 is 1.04 bits per heavy atom. The minimum Gasteiger partial charge on any atom is -0.268 e. The highest BCUT2D eigenvalue weighted by molar-refractivity contribution is 7.89. The van der Waals surface area contributed by atoms with Crippen LogP contribution in [0.3, 0.4) is 0 Å². The maximum absolute atomic E-state index is 13.2. The second kappa shape index (κ2) is 7.46. The molecule has 1 heterocycles. The van der Waals surface area contributed by atoms with Crippen LogP contribution in [-0.2, 0) is 16.6 Å². The lowest BCUT2D eigenvalue weighted by Gasteiger charge is -2.20. The SMILES string of the molecule is Cc1cc(-c2ccc(=O)[nH]n2)cc(S(=O)(=O)N(C)Cc2ccccc2)c1C. The van der Waals surface area contributed by atoms with Crippen LogP contribution in [0.25, 0.3) is 11.3 Å². The summed E-state index contributed by atoms with van der Waals surface area (Å²) in [5.41, 5.74) is 3.30. The number of aryl methyl sites for hydroxylation is 1. The molecule has 0 atom stereocenters. The van der Waals surface area contributed by atoms with Crippen molar-refractivity contribution in [1.82, 2.24) is 14.5 Å². The Morgan fingerprint density at radius 3 is 2.37 bits per heavy atom. The second-order valence-corrected chi connectivity index (χ2v) is 8.48. The van der Waals surface area contributed by atoms with Crippen molar-refractivity contribution < 1.29 is 8.42 Å². The summed E-state index contributed by atoms with van der Waals surface area (Å²) in [5.74, 6) is 0. The molecule has 2 aromatic carbocycles. The number of benzene rings is 2. The van der Waals surface area contributed by atoms with E-state index in [0.717, 1.165) is 11.1 Å². The molecule has 0 saturated carbocycles. The number of aromatic amines is 1. The van der Waals surface area contributed by atoms with E-state index in [-0.39, 0.29) is 17.0 Å². The summed E-state index contributed by atoms with van der Waals surface area (Å²) in [6.45, 7) is 3.94. The van der Waals surface area contributed by atoms with Gasteiger partial charge in [0, 0.05) is 25.2 Å². The van der Waals surface area contributed by atoms with Gasteiger partial charge in [0.1, 0.15) is 0 Å². The molecule has 7 heteroatoms. The summed E-state index contributed by atoms with van der Waals surface area (Å²) in [4.78, 5) is 11.5. The van der Waals surface area contributed by atoms with Crippen molar-refractivity contribution in [2.24, 2.45) is 0 Å². The highest BCUT2D eigenvalue weighted by atomic mass is 32.2. The lowest BCUT2D eigenvalue weighted by Crippen LogP contribution is -2.27. The Kier molecular flexibility index (Phi) is 5.25. The Morgan fingerprint density at radius 2 is 1.74 bits per heavy atom. The Hall–Kier alpha value is -2.77. The van der Waals surface area contributed by atoms with Gasteiger partial charge in [-0.3, -0.25) is 4.79 Å². The van der Waals surface area contributed by atoms with E-state index in [4.69, 9.17) is 0 Å². The van der Waals surface area contributed by atoms with Crippen LogP contribution in [0.2, 0.25) is 0 Å². The van der Waals surface area contributed by atoms with Gasteiger partial charge in [-0.25, -0.2) is 13.5 Å². The van der Waals surface area contributed by atoms with Crippen molar-refractivity contribution in [1.29, 1.82) is 0 Å². The molecule has 1 N–H and O–H groups in total. The highest BCUT2D eigenvalue weighted by Crippen LogP contribution is 2.28. The van der Waals surface area contributed by atoms with E-state index < -0.39 is 10.0 Å². The number of hydrogen-bond donors (Lipinski definition) is 1. The number of rotatable bonds is 5. The fraction of sp³-hybridized carbons (Fsp3) is 0.200. The number of aromatic nitrogens is 2. The normalized spacial score (nSPS) is 11.7. The standard InChI is InChI=1S/C20H21N3O3S/c1-14-11-17(18-9-10-20(24)22-21-18)12-19(15(14)2)27(25,26)23(3)13-16-7-5-4-6-8-16/h4-12H,13H2,1-3H3,(H,22,24). The van der Waals surface area contributed by atoms with Crippen LogP contribution in [0, 0.1) is 13.8 Å². The predicted octanol–water partition coefficient (Wildman–Crippen LogP) is 2.87. The maximum Gasteiger partial charge on any atom is 0.264 e. The molecule has 0 saturated heterocycles. The van der Waals surface area contributed by atoms with Crippen LogP contribution in [0.5, 0.6) is 0 Å². The molecule has 1 aromatic heterocycles. The summed E-state index contributed by atoms with van der Waals surface area (Å²) < 4.78 is 27.7. The number of nitrogens with zero attached hydrogens (tertiary/aromatic N) is 2. The van der Waals surface area contributed by atoms with E-state index in [2.05, 4.69) is 10.2 Å². The van der Waals surface area contributed by atoms with Crippen molar-refractivity contribution >= 4 is 10.0 Å². The monoisotopic (exact) mass is 383 g/mol. The Bertz CT molecular complexity index is 1100. The van der Waals surface area contributed by atoms with E-state index in [1.165, 1.54) is 10.4 Å². The number of sulfonamides is 1. The number of hydrogen-bond acceptors (Lipinski definition) is 4. The smallest absolute Gasteiger partial charge is 0.264 e. The van der Waals surface area contributed by atoms with Crippen LogP contribution >= 0.6 is 0 Å². The fourth-order valence-electron chi connectivity index (χ4n) is 2.84. The van der Waals surface area contributed by atoms with Gasteiger partial charge in [0.25, 0.3) is 5.56 Å². The number of nitrogens with one attached hydrogen (secondary N) is 1. The minimum absolute atomic E-state index is 0.240. The quantitative estimate of drug-likeness (QED) is 0.734. The molecule has 0 radical (unpaired) electrons. The molecule has 140 valence electrons. The van der Waals surface area contributed by atoms with Gasteiger partial charge in [-0.05, 0) is 48.7 Å². The van der Waals surface area contributed by atoms with Crippen molar-refractivity contribution in [2.45, 2.75) is 25.3 Å². The third kappa shape index (κ3) is 3.99. The first-order chi connectivity index (χ1) is 12.8. The molecule has 0 fully saturated rings. The Balaban J connectivity index is 2.04. The van der Waals surface area contributed by atoms with Crippen molar-refractivity contribution in [2.75, 3.05) is 7.05 Å². The van der Waals surface area contributed by atoms with Crippen LogP contribution in [0.4, 0.5) is 0 Å². The van der Waals surface area contributed by atoms with Gasteiger partial charge in [0.2, 0.25) is 10.0 Å². The molecule has 0 spiro atoms. The van der Waals surface area contributed by atoms with Crippen LogP contribution < -0.4 is 5.56 Å². The first-order valence-electron chi connectivity index (χ1n) is 8.46. The molecule has 6 nitrogen and oxygen atoms in total. The highest BCUT2D eigenvalue weighted by Gasteiger charge is 2.24. The molecule has 3 aromatic rings. The molecule has 0 aliphatic heterocycles. The summed E-state index contributed by atoms with van der Waals surface area (Å²) >= 11 is 0. The van der Waals surface area contributed by atoms with Crippen molar-refractivity contribution in [3.63, 3.8) is 0 Å². The van der Waals surface area contributed by atoms with Crippen molar-refractivity contribution in [3.8, 4) is 11.3 Å². The first kappa shape index (κ1) is 19.0. The molecule has 0 aliphatic carbocycles. The zero-order valence-corrected chi connectivity index (χ0v) is 16.2. The van der Waals surface area contributed by atoms with E-state index in [9.17, 15) is 13.2 Å². The van der Waals surface area contributed by atoms with Gasteiger partial charge < -0.3 is 0 Å². The minimum atomic E-state index is -3.70. The lowest BCUT2D eigenvalue weighted by molar-refractivity contribution is 0.466. The van der Waals surface area contributed by atoms with Gasteiger partial charge in [-0.2, -0.15) is 9.40 Å².